The number of H-pyrrole nitrogens is 1. The quantitative estimate of drug-likeness (QED) is 0.527. The summed E-state index contributed by atoms with van der Waals surface area (Å²) >= 11 is 0. The van der Waals surface area contributed by atoms with E-state index in [1.54, 1.807) is 26.2 Å². The molecule has 3 N–H and O–H groups in total. The molecule has 0 aliphatic carbocycles. The predicted molar refractivity (Wildman–Crippen MR) is 110 cm³/mol. The summed E-state index contributed by atoms with van der Waals surface area (Å²) in [4.78, 5) is 17.4. The minimum atomic E-state index is -0.550. The standard InChI is InChI=1S/C21H19FN6O2/c1-28(2)21(29)15-8-7-14(9-16(15)22)13-5-3-12(4-6-13)11-30-17-10-18(23)24-20-19(17)25-27-26-20/h3-10H,11H2,1-2H3,(H3,23,24,25,26,27). The third-order valence-electron chi connectivity index (χ3n) is 4.57. The highest BCUT2D eigenvalue weighted by atomic mass is 19.1. The zero-order valence-corrected chi connectivity index (χ0v) is 16.4. The lowest BCUT2D eigenvalue weighted by Crippen LogP contribution is -2.22. The van der Waals surface area contributed by atoms with E-state index in [1.807, 2.05) is 24.3 Å². The number of anilines is 1. The van der Waals surface area contributed by atoms with E-state index in [0.29, 0.717) is 28.3 Å². The zero-order valence-electron chi connectivity index (χ0n) is 16.4. The second kappa shape index (κ2) is 7.78. The van der Waals surface area contributed by atoms with Gasteiger partial charge in [-0.25, -0.2) is 14.5 Å². The van der Waals surface area contributed by atoms with Crippen LogP contribution in [0.1, 0.15) is 15.9 Å². The number of nitrogen functional groups attached to an aromatic ring is 1. The molecule has 0 saturated carbocycles. The first-order chi connectivity index (χ1) is 14.4. The lowest BCUT2D eigenvalue weighted by atomic mass is 10.0. The van der Waals surface area contributed by atoms with Gasteiger partial charge in [0.1, 0.15) is 18.2 Å². The van der Waals surface area contributed by atoms with Crippen molar-refractivity contribution in [2.24, 2.45) is 0 Å². The molecule has 4 aromatic rings. The number of nitrogens with zero attached hydrogens (tertiary/aromatic N) is 4. The van der Waals surface area contributed by atoms with Gasteiger partial charge >= 0.3 is 0 Å². The fourth-order valence-electron chi connectivity index (χ4n) is 3.00. The maximum Gasteiger partial charge on any atom is 0.256 e. The molecule has 2 aromatic carbocycles. The molecule has 0 aliphatic rings. The monoisotopic (exact) mass is 406 g/mol. The van der Waals surface area contributed by atoms with E-state index in [-0.39, 0.29) is 18.1 Å². The number of aromatic amines is 1. The largest absolute Gasteiger partial charge is 0.486 e. The van der Waals surface area contributed by atoms with E-state index >= 15 is 0 Å². The van der Waals surface area contributed by atoms with Crippen LogP contribution in [-0.2, 0) is 6.61 Å². The molecule has 0 unspecified atom stereocenters. The maximum atomic E-state index is 14.4. The Labute approximate surface area is 171 Å². The average molecular weight is 406 g/mol. The smallest absolute Gasteiger partial charge is 0.256 e. The molecular formula is C21H19FN6O2. The van der Waals surface area contributed by atoms with Crippen LogP contribution in [-0.4, -0.2) is 45.3 Å². The van der Waals surface area contributed by atoms with Crippen molar-refractivity contribution in [3.8, 4) is 16.9 Å². The third kappa shape index (κ3) is 3.77. The van der Waals surface area contributed by atoms with Crippen molar-refractivity contribution >= 4 is 22.9 Å². The van der Waals surface area contributed by atoms with Crippen molar-refractivity contribution in [1.82, 2.24) is 25.3 Å². The Morgan fingerprint density at radius 2 is 1.87 bits per heavy atom. The number of hydrogen-bond acceptors (Lipinski definition) is 6. The Kier molecular flexibility index (Phi) is 5.01. The predicted octanol–water partition coefficient (Wildman–Crippen LogP) is 3.02. The van der Waals surface area contributed by atoms with E-state index < -0.39 is 5.82 Å². The molecule has 9 heteroatoms. The third-order valence-corrected chi connectivity index (χ3v) is 4.57. The van der Waals surface area contributed by atoms with Crippen LogP contribution >= 0.6 is 0 Å². The average Bonchev–Trinajstić information content (AvgIpc) is 3.20. The lowest BCUT2D eigenvalue weighted by molar-refractivity contribution is 0.0823. The van der Waals surface area contributed by atoms with Crippen LogP contribution in [0.5, 0.6) is 5.75 Å². The normalized spacial score (nSPS) is 10.9. The second-order valence-electron chi connectivity index (χ2n) is 6.93. The molecule has 8 nitrogen and oxygen atoms in total. The molecule has 152 valence electrons. The van der Waals surface area contributed by atoms with Crippen LogP contribution in [0, 0.1) is 5.82 Å². The van der Waals surface area contributed by atoms with E-state index in [2.05, 4.69) is 20.4 Å². The molecule has 2 aromatic heterocycles. The van der Waals surface area contributed by atoms with Crippen LogP contribution in [0.15, 0.2) is 48.5 Å². The van der Waals surface area contributed by atoms with E-state index in [1.165, 1.54) is 17.0 Å². The summed E-state index contributed by atoms with van der Waals surface area (Å²) in [5.41, 5.74) is 9.20. The topological polar surface area (TPSA) is 110 Å². The number of amides is 1. The molecule has 4 rings (SSSR count). The summed E-state index contributed by atoms with van der Waals surface area (Å²) in [6.45, 7) is 0.288. The number of fused-ring (bicyclic) bond motifs is 1. The van der Waals surface area contributed by atoms with Gasteiger partial charge in [-0.3, -0.25) is 4.79 Å². The van der Waals surface area contributed by atoms with Crippen LogP contribution in [0.4, 0.5) is 10.2 Å². The van der Waals surface area contributed by atoms with Gasteiger partial charge in [-0.2, -0.15) is 0 Å². The van der Waals surface area contributed by atoms with Crippen molar-refractivity contribution in [3.63, 3.8) is 0 Å². The van der Waals surface area contributed by atoms with Crippen molar-refractivity contribution in [1.29, 1.82) is 0 Å². The SMILES string of the molecule is CN(C)C(=O)c1ccc(-c2ccc(COc3cc(N)nc4[nH]nnc34)cc2)cc1F. The molecule has 0 fully saturated rings. The number of nitrogens with two attached hydrogens (primary N) is 1. The molecule has 0 saturated heterocycles. The van der Waals surface area contributed by atoms with Crippen molar-refractivity contribution in [2.45, 2.75) is 6.61 Å². The van der Waals surface area contributed by atoms with Crippen molar-refractivity contribution in [3.05, 3.63) is 65.5 Å². The highest BCUT2D eigenvalue weighted by Gasteiger charge is 2.14. The zero-order chi connectivity index (χ0) is 21.3. The molecule has 0 spiro atoms. The Morgan fingerprint density at radius 3 is 2.57 bits per heavy atom. The van der Waals surface area contributed by atoms with Gasteiger partial charge < -0.3 is 15.4 Å². The Hall–Kier alpha value is -4.01. The fourth-order valence-corrected chi connectivity index (χ4v) is 3.00. The van der Waals surface area contributed by atoms with Crippen LogP contribution in [0.25, 0.3) is 22.3 Å². The first kappa shape index (κ1) is 19.3. The van der Waals surface area contributed by atoms with Crippen molar-refractivity contribution in [2.75, 3.05) is 19.8 Å². The molecule has 2 heterocycles. The minimum Gasteiger partial charge on any atom is -0.486 e. The van der Waals surface area contributed by atoms with Crippen LogP contribution < -0.4 is 10.5 Å². The van der Waals surface area contributed by atoms with Gasteiger partial charge in [-0.1, -0.05) is 35.5 Å². The second-order valence-corrected chi connectivity index (χ2v) is 6.93. The van der Waals surface area contributed by atoms with Crippen LogP contribution in [0.3, 0.4) is 0 Å². The molecule has 0 bridgehead atoms. The molecule has 0 aliphatic heterocycles. The summed E-state index contributed by atoms with van der Waals surface area (Å²) in [6.07, 6.45) is 0. The van der Waals surface area contributed by atoms with Gasteiger partial charge in [0.25, 0.3) is 5.91 Å². The van der Waals surface area contributed by atoms with Gasteiger partial charge in [-0.15, -0.1) is 5.10 Å². The minimum absolute atomic E-state index is 0.0459. The highest BCUT2D eigenvalue weighted by molar-refractivity contribution is 5.94. The summed E-state index contributed by atoms with van der Waals surface area (Å²) in [6, 6.07) is 13.7. The van der Waals surface area contributed by atoms with Gasteiger partial charge in [0.05, 0.1) is 5.56 Å². The summed E-state index contributed by atoms with van der Waals surface area (Å²) in [5, 5.41) is 10.3. The first-order valence-electron chi connectivity index (χ1n) is 9.13. The number of halogens is 1. The molecule has 1 amide bonds. The number of pyridine rings is 1. The van der Waals surface area contributed by atoms with Crippen molar-refractivity contribution < 1.29 is 13.9 Å². The van der Waals surface area contributed by atoms with E-state index in [9.17, 15) is 9.18 Å². The van der Waals surface area contributed by atoms with E-state index in [4.69, 9.17) is 10.5 Å². The summed E-state index contributed by atoms with van der Waals surface area (Å²) in [5.74, 6) is -0.134. The van der Waals surface area contributed by atoms with Gasteiger partial charge in [0, 0.05) is 20.2 Å². The molecular weight excluding hydrogens is 387 g/mol. The summed E-state index contributed by atoms with van der Waals surface area (Å²) < 4.78 is 20.2. The number of carbonyl (C=O) groups excluding carboxylic acids is 1. The van der Waals surface area contributed by atoms with E-state index in [0.717, 1.165) is 11.1 Å². The lowest BCUT2D eigenvalue weighted by Gasteiger charge is -2.12. The highest BCUT2D eigenvalue weighted by Crippen LogP contribution is 2.26. The Morgan fingerprint density at radius 1 is 1.13 bits per heavy atom. The first-order valence-corrected chi connectivity index (χ1v) is 9.13. The number of benzene rings is 2. The molecule has 0 atom stereocenters. The molecule has 30 heavy (non-hydrogen) atoms. The Bertz CT molecular complexity index is 1220. The Balaban J connectivity index is 1.50. The van der Waals surface area contributed by atoms with Gasteiger partial charge in [0.15, 0.2) is 16.9 Å². The number of nitrogens with one attached hydrogen (secondary N) is 1. The van der Waals surface area contributed by atoms with Crippen LogP contribution in [0.2, 0.25) is 0 Å². The number of carbonyl (C=O) groups is 1. The fraction of sp³-hybridized carbons (Fsp3) is 0.143. The summed E-state index contributed by atoms with van der Waals surface area (Å²) in [7, 11) is 3.18. The maximum absolute atomic E-state index is 14.4. The molecule has 0 radical (unpaired) electrons. The number of aromatic nitrogens is 4. The van der Waals surface area contributed by atoms with Gasteiger partial charge in [0.2, 0.25) is 0 Å². The van der Waals surface area contributed by atoms with Gasteiger partial charge in [-0.05, 0) is 28.8 Å². The number of rotatable bonds is 5. The number of ether oxygens (including phenoxy) is 1. The number of hydrogen-bond donors (Lipinski definition) is 2.